The highest BCUT2D eigenvalue weighted by Gasteiger charge is 2.40. The highest BCUT2D eigenvalue weighted by Crippen LogP contribution is 2.43. The molecule has 45 heavy (non-hydrogen) atoms. The van der Waals surface area contributed by atoms with Gasteiger partial charge in [0.2, 0.25) is 23.8 Å². The summed E-state index contributed by atoms with van der Waals surface area (Å²) >= 11 is 0.728. The van der Waals surface area contributed by atoms with E-state index in [1.807, 2.05) is 6.07 Å². The zero-order valence-corrected chi connectivity index (χ0v) is 25.7. The summed E-state index contributed by atoms with van der Waals surface area (Å²) in [4.78, 5) is 50.1. The minimum Gasteiger partial charge on any atom is -0.481 e. The van der Waals surface area contributed by atoms with E-state index in [0.717, 1.165) is 29.7 Å². The van der Waals surface area contributed by atoms with Crippen LogP contribution in [0.1, 0.15) is 50.5 Å². The third kappa shape index (κ3) is 6.69. The molecule has 1 aliphatic carbocycles. The average Bonchev–Trinajstić information content (AvgIpc) is 3.79. The molecule has 238 valence electrons. The number of aryl methyl sites for hydroxylation is 1. The molecule has 1 N–H and O–H groups in total. The highest BCUT2D eigenvalue weighted by molar-refractivity contribution is 7.14. The van der Waals surface area contributed by atoms with Crippen LogP contribution in [0.15, 0.2) is 30.5 Å². The number of pyridine rings is 1. The summed E-state index contributed by atoms with van der Waals surface area (Å²) in [7, 11) is 1.67. The number of rotatable bonds is 11. The smallest absolute Gasteiger partial charge is 0.304 e. The maximum atomic E-state index is 15.9. The van der Waals surface area contributed by atoms with Crippen LogP contribution in [0.2, 0.25) is 0 Å². The SMILES string of the molecule is CN1C(=O)CCc2cc(-c3ccc(OCF)cc3-c3nc(N(C(=O)[C@@H](CC(=O)O)CC4CCOCC4)C4CC4)sc3F)cnc21. The summed E-state index contributed by atoms with van der Waals surface area (Å²) in [5.41, 5.74) is 2.38. The number of anilines is 2. The van der Waals surface area contributed by atoms with Crippen LogP contribution in [0.4, 0.5) is 19.7 Å². The standard InChI is InChI=1S/C32H34F2N4O6S/c1-37-26(39)7-2-19-13-21(16-35-30(19)37)24-6-5-23(44-17-33)15-25(24)28-29(34)45-32(36-28)38(22-3-4-22)31(42)20(14-27(40)41)12-18-8-10-43-11-9-18/h5-6,13,15-16,18,20,22H,2-4,7-12,14,17H2,1H3,(H,40,41)/t20-/m1/s1. The van der Waals surface area contributed by atoms with Crippen LogP contribution in [-0.2, 0) is 25.5 Å². The Bertz CT molecular complexity index is 1610. The number of benzene rings is 1. The molecule has 0 unspecified atom stereocenters. The van der Waals surface area contributed by atoms with Crippen LogP contribution in [0, 0.1) is 17.0 Å². The molecule has 1 atom stereocenters. The van der Waals surface area contributed by atoms with Crippen molar-refractivity contribution < 1.29 is 37.7 Å². The fourth-order valence-corrected chi connectivity index (χ4v) is 7.06. The van der Waals surface area contributed by atoms with Crippen molar-refractivity contribution in [3.63, 3.8) is 0 Å². The molecule has 2 aromatic heterocycles. The lowest BCUT2D eigenvalue weighted by molar-refractivity contribution is -0.141. The number of nitrogens with zero attached hydrogens (tertiary/aromatic N) is 4. The summed E-state index contributed by atoms with van der Waals surface area (Å²) in [6.07, 6.45) is 5.48. The summed E-state index contributed by atoms with van der Waals surface area (Å²) < 4.78 is 39.6. The zero-order chi connectivity index (χ0) is 31.7. The number of carboxylic acids is 1. The van der Waals surface area contributed by atoms with Gasteiger partial charge in [-0.2, -0.15) is 4.39 Å². The van der Waals surface area contributed by atoms with Crippen LogP contribution in [-0.4, -0.2) is 66.0 Å². The van der Waals surface area contributed by atoms with E-state index in [-0.39, 0.29) is 46.8 Å². The number of halogens is 2. The molecule has 2 aliphatic heterocycles. The van der Waals surface area contributed by atoms with Crippen molar-refractivity contribution >= 4 is 40.1 Å². The van der Waals surface area contributed by atoms with E-state index < -0.39 is 23.9 Å². The van der Waals surface area contributed by atoms with Crippen molar-refractivity contribution in [3.05, 3.63) is 41.2 Å². The molecule has 1 aromatic carbocycles. The van der Waals surface area contributed by atoms with E-state index in [9.17, 15) is 23.9 Å². The fourth-order valence-electron chi connectivity index (χ4n) is 6.17. The lowest BCUT2D eigenvalue weighted by Crippen LogP contribution is -2.40. The van der Waals surface area contributed by atoms with E-state index in [1.54, 1.807) is 25.4 Å². The molecule has 1 saturated carbocycles. The monoisotopic (exact) mass is 640 g/mol. The quantitative estimate of drug-likeness (QED) is 0.286. The Morgan fingerprint density at radius 3 is 2.67 bits per heavy atom. The topological polar surface area (TPSA) is 122 Å². The predicted molar refractivity (Wildman–Crippen MR) is 163 cm³/mol. The van der Waals surface area contributed by atoms with Gasteiger partial charge < -0.3 is 14.6 Å². The Labute approximate surface area is 263 Å². The average molecular weight is 641 g/mol. The molecule has 3 aliphatic rings. The van der Waals surface area contributed by atoms with Gasteiger partial charge in [0.15, 0.2) is 5.13 Å². The van der Waals surface area contributed by atoms with Crippen molar-refractivity contribution in [2.75, 3.05) is 36.9 Å². The maximum absolute atomic E-state index is 15.9. The first-order valence-electron chi connectivity index (χ1n) is 15.1. The number of carbonyl (C=O) groups excluding carboxylic acids is 2. The van der Waals surface area contributed by atoms with Crippen LogP contribution in [0.3, 0.4) is 0 Å². The first kappa shape index (κ1) is 31.0. The molecule has 0 spiro atoms. The normalized spacial score (nSPS) is 17.6. The van der Waals surface area contributed by atoms with Crippen molar-refractivity contribution in [3.8, 4) is 28.1 Å². The highest BCUT2D eigenvalue weighted by atomic mass is 32.1. The summed E-state index contributed by atoms with van der Waals surface area (Å²) in [6, 6.07) is 6.48. The van der Waals surface area contributed by atoms with E-state index in [4.69, 9.17) is 9.47 Å². The molecule has 0 radical (unpaired) electrons. The van der Waals surface area contributed by atoms with Gasteiger partial charge in [-0.15, -0.1) is 0 Å². The zero-order valence-electron chi connectivity index (χ0n) is 24.8. The van der Waals surface area contributed by atoms with E-state index in [1.165, 1.54) is 15.9 Å². The largest absolute Gasteiger partial charge is 0.481 e. The molecule has 2 amide bonds. The second-order valence-electron chi connectivity index (χ2n) is 11.8. The van der Waals surface area contributed by atoms with Crippen molar-refractivity contribution in [1.29, 1.82) is 0 Å². The van der Waals surface area contributed by atoms with Crippen molar-refractivity contribution in [1.82, 2.24) is 9.97 Å². The number of aliphatic carboxylic acids is 1. The van der Waals surface area contributed by atoms with Gasteiger partial charge in [-0.25, -0.2) is 14.4 Å². The van der Waals surface area contributed by atoms with Crippen LogP contribution in [0.25, 0.3) is 22.4 Å². The molecule has 4 heterocycles. The van der Waals surface area contributed by atoms with Gasteiger partial charge in [-0.1, -0.05) is 11.3 Å². The van der Waals surface area contributed by atoms with Gasteiger partial charge in [-0.3, -0.25) is 24.2 Å². The second-order valence-corrected chi connectivity index (χ2v) is 12.7. The van der Waals surface area contributed by atoms with Crippen molar-refractivity contribution in [2.24, 2.45) is 11.8 Å². The third-order valence-electron chi connectivity index (χ3n) is 8.68. The van der Waals surface area contributed by atoms with Gasteiger partial charge in [0.25, 0.3) is 0 Å². The molecule has 13 heteroatoms. The number of carbonyl (C=O) groups is 3. The minimum atomic E-state index is -1.08. The van der Waals surface area contributed by atoms with Gasteiger partial charge in [0.1, 0.15) is 17.3 Å². The minimum absolute atomic E-state index is 0.0265. The van der Waals surface area contributed by atoms with Crippen LogP contribution in [0.5, 0.6) is 5.75 Å². The van der Waals surface area contributed by atoms with Crippen LogP contribution < -0.4 is 14.5 Å². The lowest BCUT2D eigenvalue weighted by Gasteiger charge is -2.29. The van der Waals surface area contributed by atoms with E-state index in [2.05, 4.69) is 9.97 Å². The molecule has 3 aromatic rings. The Kier molecular flexibility index (Phi) is 9.09. The maximum Gasteiger partial charge on any atom is 0.304 e. The fraction of sp³-hybridized carbons (Fsp3) is 0.469. The molecule has 10 nitrogen and oxygen atoms in total. The number of aromatic nitrogens is 2. The Hall–Kier alpha value is -3.97. The number of hydrogen-bond acceptors (Lipinski definition) is 8. The van der Waals surface area contributed by atoms with Crippen LogP contribution >= 0.6 is 11.3 Å². The summed E-state index contributed by atoms with van der Waals surface area (Å²) in [5.74, 6) is -1.32. The number of fused-ring (bicyclic) bond motifs is 1. The number of hydrogen-bond donors (Lipinski definition) is 1. The number of carboxylic acid groups (broad SMARTS) is 1. The number of alkyl halides is 1. The van der Waals surface area contributed by atoms with Crippen molar-refractivity contribution in [2.45, 2.75) is 57.4 Å². The molecule has 0 bridgehead atoms. The first-order valence-corrected chi connectivity index (χ1v) is 15.9. The molecular formula is C32H34F2N4O6S. The molecule has 2 fully saturated rings. The van der Waals surface area contributed by atoms with E-state index in [0.29, 0.717) is 67.8 Å². The molecular weight excluding hydrogens is 606 g/mol. The Morgan fingerprint density at radius 1 is 1.18 bits per heavy atom. The number of ether oxygens (including phenoxy) is 2. The van der Waals surface area contributed by atoms with Gasteiger partial charge in [0, 0.05) is 56.0 Å². The Morgan fingerprint density at radius 2 is 1.96 bits per heavy atom. The second kappa shape index (κ2) is 13.2. The molecule has 1 saturated heterocycles. The summed E-state index contributed by atoms with van der Waals surface area (Å²) in [5, 5.41) is 9.16. The van der Waals surface area contributed by atoms with Gasteiger partial charge >= 0.3 is 5.97 Å². The Balaban J connectivity index is 1.37. The lowest BCUT2D eigenvalue weighted by atomic mass is 9.86. The number of thiazole rings is 1. The first-order chi connectivity index (χ1) is 21.7. The number of amides is 2. The molecule has 6 rings (SSSR count). The van der Waals surface area contributed by atoms with E-state index >= 15 is 4.39 Å². The summed E-state index contributed by atoms with van der Waals surface area (Å²) in [6.45, 7) is 0.0780. The third-order valence-corrected chi connectivity index (χ3v) is 9.52. The predicted octanol–water partition coefficient (Wildman–Crippen LogP) is 5.63. The van der Waals surface area contributed by atoms with Gasteiger partial charge in [0.05, 0.1) is 6.42 Å². The van der Waals surface area contributed by atoms with Gasteiger partial charge in [-0.05, 0) is 79.8 Å².